The van der Waals surface area contributed by atoms with E-state index in [9.17, 15) is 0 Å². The third-order valence-corrected chi connectivity index (χ3v) is 3.51. The lowest BCUT2D eigenvalue weighted by molar-refractivity contribution is 0.420. The smallest absolute Gasteiger partial charge is 0.0372 e. The fourth-order valence-corrected chi connectivity index (χ4v) is 2.56. The van der Waals surface area contributed by atoms with Crippen molar-refractivity contribution in [2.45, 2.75) is 43.0 Å². The third-order valence-electron chi connectivity index (χ3n) is 2.63. The first-order chi connectivity index (χ1) is 6.95. The monoisotopic (exact) mass is 206 g/mol. The van der Waals surface area contributed by atoms with Crippen LogP contribution < -0.4 is 4.72 Å². The molecule has 0 atom stereocenters. The molecule has 1 nitrogen and oxygen atoms in total. The summed E-state index contributed by atoms with van der Waals surface area (Å²) in [6.07, 6.45) is 6.72. The number of benzene rings is 1. The molecule has 0 amide bonds. The molecular formula is C12H16NS. The van der Waals surface area contributed by atoms with Crippen LogP contribution in [-0.2, 0) is 0 Å². The highest BCUT2D eigenvalue weighted by molar-refractivity contribution is 7.97. The van der Waals surface area contributed by atoms with E-state index < -0.39 is 0 Å². The molecule has 0 N–H and O–H groups in total. The predicted octanol–water partition coefficient (Wildman–Crippen LogP) is 3.63. The van der Waals surface area contributed by atoms with E-state index in [2.05, 4.69) is 29.0 Å². The molecule has 0 aliphatic heterocycles. The summed E-state index contributed by atoms with van der Waals surface area (Å²) in [6, 6.07) is 11.0. The van der Waals surface area contributed by atoms with Gasteiger partial charge in [0.15, 0.2) is 0 Å². The summed E-state index contributed by atoms with van der Waals surface area (Å²) in [4.78, 5) is 1.26. The second kappa shape index (κ2) is 5.42. The minimum atomic E-state index is 0.606. The van der Waals surface area contributed by atoms with Crippen LogP contribution in [0.25, 0.3) is 0 Å². The molecule has 14 heavy (non-hydrogen) atoms. The summed E-state index contributed by atoms with van der Waals surface area (Å²) in [5, 5.41) is 0. The Kier molecular flexibility index (Phi) is 3.90. The molecule has 75 valence electrons. The SMILES string of the molecule is c1ccc(S[N]C2CCCCC2)cc1. The lowest BCUT2D eigenvalue weighted by Crippen LogP contribution is -2.19. The number of nitrogens with zero attached hydrogens (tertiary/aromatic N) is 1. The van der Waals surface area contributed by atoms with Crippen LogP contribution in [0.3, 0.4) is 0 Å². The second-order valence-electron chi connectivity index (χ2n) is 3.80. The molecule has 1 aliphatic rings. The van der Waals surface area contributed by atoms with Crippen molar-refractivity contribution in [1.82, 2.24) is 4.72 Å². The third kappa shape index (κ3) is 3.03. The van der Waals surface area contributed by atoms with Gasteiger partial charge in [-0.1, -0.05) is 37.5 Å². The zero-order chi connectivity index (χ0) is 9.64. The lowest BCUT2D eigenvalue weighted by Gasteiger charge is -2.20. The van der Waals surface area contributed by atoms with Gasteiger partial charge in [-0.05, 0) is 36.9 Å². The minimum absolute atomic E-state index is 0.606. The Hall–Kier alpha value is -0.470. The van der Waals surface area contributed by atoms with Crippen LogP contribution in [0.15, 0.2) is 35.2 Å². The Morgan fingerprint density at radius 1 is 1.00 bits per heavy atom. The highest BCUT2D eigenvalue weighted by atomic mass is 32.2. The van der Waals surface area contributed by atoms with Crippen LogP contribution in [0.1, 0.15) is 32.1 Å². The maximum atomic E-state index is 4.67. The second-order valence-corrected chi connectivity index (χ2v) is 4.67. The van der Waals surface area contributed by atoms with Crippen LogP contribution >= 0.6 is 11.9 Å². The number of rotatable bonds is 3. The molecule has 0 heterocycles. The maximum absolute atomic E-state index is 4.67. The zero-order valence-electron chi connectivity index (χ0n) is 8.36. The van der Waals surface area contributed by atoms with Gasteiger partial charge in [-0.3, -0.25) is 0 Å². The highest BCUT2D eigenvalue weighted by Crippen LogP contribution is 2.23. The summed E-state index contributed by atoms with van der Waals surface area (Å²) in [6.45, 7) is 0. The first-order valence-corrected chi connectivity index (χ1v) is 6.15. The molecule has 2 rings (SSSR count). The van der Waals surface area contributed by atoms with Crippen molar-refractivity contribution in [2.75, 3.05) is 0 Å². The van der Waals surface area contributed by atoms with Crippen LogP contribution in [0, 0.1) is 0 Å². The molecule has 1 aromatic carbocycles. The van der Waals surface area contributed by atoms with Crippen molar-refractivity contribution in [3.63, 3.8) is 0 Å². The number of hydrogen-bond donors (Lipinski definition) is 0. The van der Waals surface area contributed by atoms with E-state index >= 15 is 0 Å². The molecular weight excluding hydrogens is 190 g/mol. The quantitative estimate of drug-likeness (QED) is 0.689. The van der Waals surface area contributed by atoms with Crippen LogP contribution in [0.5, 0.6) is 0 Å². The van der Waals surface area contributed by atoms with Crippen molar-refractivity contribution in [3.05, 3.63) is 30.3 Å². The van der Waals surface area contributed by atoms with Gasteiger partial charge in [-0.2, -0.15) is 4.72 Å². The lowest BCUT2D eigenvalue weighted by atomic mass is 9.96. The normalized spacial score (nSPS) is 18.3. The van der Waals surface area contributed by atoms with Crippen molar-refractivity contribution >= 4 is 11.9 Å². The van der Waals surface area contributed by atoms with Gasteiger partial charge in [0.2, 0.25) is 0 Å². The van der Waals surface area contributed by atoms with Gasteiger partial charge in [0.05, 0.1) is 0 Å². The molecule has 0 unspecified atom stereocenters. The Labute approximate surface area is 90.4 Å². The molecule has 0 saturated heterocycles. The number of hydrogen-bond acceptors (Lipinski definition) is 1. The average Bonchev–Trinajstić information content (AvgIpc) is 2.29. The summed E-state index contributed by atoms with van der Waals surface area (Å²) in [7, 11) is 0. The molecule has 1 aliphatic carbocycles. The van der Waals surface area contributed by atoms with Gasteiger partial charge in [-0.25, -0.2) is 0 Å². The predicted molar refractivity (Wildman–Crippen MR) is 61.3 cm³/mol. The van der Waals surface area contributed by atoms with E-state index in [0.717, 1.165) is 0 Å². The average molecular weight is 206 g/mol. The highest BCUT2D eigenvalue weighted by Gasteiger charge is 2.13. The molecule has 1 aromatic rings. The van der Waals surface area contributed by atoms with Crippen molar-refractivity contribution in [2.24, 2.45) is 0 Å². The van der Waals surface area contributed by atoms with Crippen LogP contribution in [0.2, 0.25) is 0 Å². The van der Waals surface area contributed by atoms with Gasteiger partial charge in [-0.15, -0.1) is 0 Å². The van der Waals surface area contributed by atoms with Gasteiger partial charge in [0.25, 0.3) is 0 Å². The van der Waals surface area contributed by atoms with Crippen LogP contribution in [-0.4, -0.2) is 6.04 Å². The largest absolute Gasteiger partial charge is 0.167 e. The molecule has 1 fully saturated rings. The molecule has 0 spiro atoms. The Morgan fingerprint density at radius 2 is 1.71 bits per heavy atom. The first kappa shape index (κ1) is 10.1. The van der Waals surface area contributed by atoms with E-state index in [1.807, 2.05) is 6.07 Å². The maximum Gasteiger partial charge on any atom is 0.0372 e. The Balaban J connectivity index is 1.76. The van der Waals surface area contributed by atoms with E-state index in [-0.39, 0.29) is 0 Å². The molecule has 1 radical (unpaired) electrons. The van der Waals surface area contributed by atoms with Gasteiger partial charge < -0.3 is 0 Å². The van der Waals surface area contributed by atoms with Crippen molar-refractivity contribution in [3.8, 4) is 0 Å². The molecule has 0 bridgehead atoms. The summed E-state index contributed by atoms with van der Waals surface area (Å²) in [5.41, 5.74) is 0. The molecule has 2 heteroatoms. The minimum Gasteiger partial charge on any atom is -0.167 e. The van der Waals surface area contributed by atoms with E-state index in [0.29, 0.717) is 6.04 Å². The van der Waals surface area contributed by atoms with Crippen molar-refractivity contribution in [1.29, 1.82) is 0 Å². The first-order valence-electron chi connectivity index (χ1n) is 5.37. The Bertz CT molecular complexity index is 254. The van der Waals surface area contributed by atoms with E-state index in [1.165, 1.54) is 37.0 Å². The van der Waals surface area contributed by atoms with Crippen LogP contribution in [0.4, 0.5) is 0 Å². The zero-order valence-corrected chi connectivity index (χ0v) is 9.17. The molecule has 0 aromatic heterocycles. The fourth-order valence-electron chi connectivity index (χ4n) is 1.80. The van der Waals surface area contributed by atoms with E-state index in [1.54, 1.807) is 11.9 Å². The standard InChI is InChI=1S/C12H16NS/c1-3-7-11(8-4-1)13-14-12-9-5-2-6-10-12/h2,5-6,9-11H,1,3-4,7-8H2. The Morgan fingerprint density at radius 3 is 2.43 bits per heavy atom. The fraction of sp³-hybridized carbons (Fsp3) is 0.500. The summed E-state index contributed by atoms with van der Waals surface area (Å²) >= 11 is 1.65. The summed E-state index contributed by atoms with van der Waals surface area (Å²) < 4.78 is 4.67. The topological polar surface area (TPSA) is 14.1 Å². The van der Waals surface area contributed by atoms with Crippen molar-refractivity contribution < 1.29 is 0 Å². The van der Waals surface area contributed by atoms with Gasteiger partial charge in [0.1, 0.15) is 0 Å². The molecule has 1 saturated carbocycles. The van der Waals surface area contributed by atoms with Gasteiger partial charge in [0, 0.05) is 10.9 Å². The summed E-state index contributed by atoms with van der Waals surface area (Å²) in [5.74, 6) is 0. The van der Waals surface area contributed by atoms with E-state index in [4.69, 9.17) is 0 Å². The van der Waals surface area contributed by atoms with Gasteiger partial charge >= 0.3 is 0 Å².